The topological polar surface area (TPSA) is 55.2 Å². The van der Waals surface area contributed by atoms with Crippen molar-refractivity contribution in [1.82, 2.24) is 5.32 Å². The molecule has 1 aromatic carbocycles. The Hall–Kier alpha value is -1.07. The minimum absolute atomic E-state index is 0.135. The number of hydrogen-bond donors (Lipinski definition) is 1. The number of rotatable bonds is 6. The van der Waals surface area contributed by atoms with Gasteiger partial charge in [0.15, 0.2) is 0 Å². The van der Waals surface area contributed by atoms with E-state index in [0.717, 1.165) is 12.1 Å². The van der Waals surface area contributed by atoms with E-state index in [1.54, 1.807) is 12.1 Å². The van der Waals surface area contributed by atoms with Crippen molar-refractivity contribution in [3.63, 3.8) is 0 Å². The van der Waals surface area contributed by atoms with E-state index in [9.17, 15) is 10.1 Å². The van der Waals surface area contributed by atoms with Crippen LogP contribution in [0.2, 0.25) is 0 Å². The number of hydrogen-bond acceptors (Lipinski definition) is 4. The summed E-state index contributed by atoms with van der Waals surface area (Å²) in [6.45, 7) is 7.34. The molecule has 0 aliphatic heterocycles. The molecule has 100 valence electrons. The van der Waals surface area contributed by atoms with Gasteiger partial charge in [-0.3, -0.25) is 10.1 Å². The van der Waals surface area contributed by atoms with Crippen LogP contribution in [0, 0.1) is 10.1 Å². The van der Waals surface area contributed by atoms with E-state index in [4.69, 9.17) is 0 Å². The number of nitrogens with one attached hydrogen (secondary N) is 1. The van der Waals surface area contributed by atoms with Gasteiger partial charge in [-0.15, -0.1) is 0 Å². The molecule has 1 N–H and O–H groups in total. The summed E-state index contributed by atoms with van der Waals surface area (Å²) in [5.41, 5.74) is 1.20. The van der Waals surface area contributed by atoms with Gasteiger partial charge in [0.05, 0.1) is 4.92 Å². The first-order valence-electron chi connectivity index (χ1n) is 5.88. The molecule has 5 heteroatoms. The van der Waals surface area contributed by atoms with E-state index in [1.807, 2.05) is 23.9 Å². The van der Waals surface area contributed by atoms with Crippen molar-refractivity contribution in [2.24, 2.45) is 0 Å². The van der Waals surface area contributed by atoms with Crippen LogP contribution < -0.4 is 5.32 Å². The predicted molar refractivity (Wildman–Crippen MR) is 77.1 cm³/mol. The molecule has 0 fully saturated rings. The summed E-state index contributed by atoms with van der Waals surface area (Å²) < 4.78 is 0.190. The summed E-state index contributed by atoms with van der Waals surface area (Å²) in [7, 11) is 0. The molecule has 0 amide bonds. The van der Waals surface area contributed by atoms with E-state index < -0.39 is 0 Å². The van der Waals surface area contributed by atoms with Crippen LogP contribution >= 0.6 is 11.8 Å². The Morgan fingerprint density at radius 2 is 1.94 bits per heavy atom. The van der Waals surface area contributed by atoms with Crippen molar-refractivity contribution in [1.29, 1.82) is 0 Å². The lowest BCUT2D eigenvalue weighted by molar-refractivity contribution is -0.384. The first-order chi connectivity index (χ1) is 8.35. The Bertz CT molecular complexity index is 404. The molecule has 0 bridgehead atoms. The van der Waals surface area contributed by atoms with E-state index in [2.05, 4.69) is 32.3 Å². The Balaban J connectivity index is 2.62. The minimum atomic E-state index is -0.376. The largest absolute Gasteiger partial charge is 0.309 e. The van der Waals surface area contributed by atoms with Crippen LogP contribution in [0.1, 0.15) is 32.4 Å². The van der Waals surface area contributed by atoms with Gasteiger partial charge in [0.2, 0.25) is 0 Å². The Kier molecular flexibility index (Phi) is 5.16. The van der Waals surface area contributed by atoms with Crippen LogP contribution in [0.4, 0.5) is 5.69 Å². The molecule has 0 aliphatic carbocycles. The maximum Gasteiger partial charge on any atom is 0.269 e. The minimum Gasteiger partial charge on any atom is -0.309 e. The summed E-state index contributed by atoms with van der Waals surface area (Å²) in [6.07, 6.45) is 2.10. The highest BCUT2D eigenvalue weighted by Gasteiger charge is 2.17. The highest BCUT2D eigenvalue weighted by atomic mass is 32.2. The van der Waals surface area contributed by atoms with Gasteiger partial charge in [-0.2, -0.15) is 11.8 Å². The molecule has 0 radical (unpaired) electrons. The van der Waals surface area contributed by atoms with Crippen molar-refractivity contribution in [2.45, 2.75) is 31.6 Å². The predicted octanol–water partition coefficient (Wildman–Crippen LogP) is 3.39. The molecule has 1 aromatic rings. The van der Waals surface area contributed by atoms with Crippen molar-refractivity contribution in [2.75, 3.05) is 12.8 Å². The number of non-ortho nitro benzene ring substituents is 1. The molecule has 0 aliphatic rings. The van der Waals surface area contributed by atoms with Crippen LogP contribution in [0.15, 0.2) is 24.3 Å². The average Bonchev–Trinajstić information content (AvgIpc) is 2.36. The number of benzene rings is 1. The summed E-state index contributed by atoms with van der Waals surface area (Å²) in [5.74, 6) is 0. The summed E-state index contributed by atoms with van der Waals surface area (Å²) in [4.78, 5) is 10.2. The number of nitrogens with zero attached hydrogens (tertiary/aromatic N) is 1. The third kappa shape index (κ3) is 4.31. The Labute approximate surface area is 112 Å². The number of thioether (sulfide) groups is 1. The Morgan fingerprint density at radius 1 is 1.39 bits per heavy atom. The number of nitro benzene ring substituents is 1. The van der Waals surface area contributed by atoms with Crippen molar-refractivity contribution in [3.8, 4) is 0 Å². The first kappa shape index (κ1) is 15.0. The maximum atomic E-state index is 10.6. The smallest absolute Gasteiger partial charge is 0.269 e. The van der Waals surface area contributed by atoms with Gasteiger partial charge in [0.1, 0.15) is 0 Å². The Morgan fingerprint density at radius 3 is 2.39 bits per heavy atom. The highest BCUT2D eigenvalue weighted by molar-refractivity contribution is 7.99. The molecular weight excluding hydrogens is 248 g/mol. The van der Waals surface area contributed by atoms with Gasteiger partial charge in [0, 0.05) is 29.5 Å². The molecule has 1 rings (SSSR count). The van der Waals surface area contributed by atoms with E-state index in [1.165, 1.54) is 0 Å². The monoisotopic (exact) mass is 268 g/mol. The molecule has 0 saturated carbocycles. The van der Waals surface area contributed by atoms with Crippen molar-refractivity contribution < 1.29 is 4.92 Å². The molecule has 0 heterocycles. The fourth-order valence-electron chi connectivity index (χ4n) is 1.47. The highest BCUT2D eigenvalue weighted by Crippen LogP contribution is 2.22. The molecule has 0 aromatic heterocycles. The van der Waals surface area contributed by atoms with Gasteiger partial charge in [-0.25, -0.2) is 0 Å². The zero-order chi connectivity index (χ0) is 13.8. The maximum absolute atomic E-state index is 10.6. The second-order valence-corrected chi connectivity index (χ2v) is 6.43. The van der Waals surface area contributed by atoms with Crippen LogP contribution in [0.25, 0.3) is 0 Å². The van der Waals surface area contributed by atoms with E-state index >= 15 is 0 Å². The molecular formula is C13H20N2O2S. The second kappa shape index (κ2) is 6.20. The summed E-state index contributed by atoms with van der Waals surface area (Å²) in [6, 6.07) is 6.90. The lowest BCUT2D eigenvalue weighted by atomic mass is 10.1. The van der Waals surface area contributed by atoms with Gasteiger partial charge < -0.3 is 5.32 Å². The average molecular weight is 268 g/mol. The van der Waals surface area contributed by atoms with E-state index in [0.29, 0.717) is 0 Å². The lowest BCUT2D eigenvalue weighted by Gasteiger charge is -2.25. The molecule has 4 nitrogen and oxygen atoms in total. The van der Waals surface area contributed by atoms with Crippen LogP contribution in [-0.4, -0.2) is 22.5 Å². The normalized spacial score (nSPS) is 13.3. The molecule has 1 unspecified atom stereocenters. The third-order valence-corrected chi connectivity index (χ3v) is 4.24. The van der Waals surface area contributed by atoms with Crippen LogP contribution in [0.5, 0.6) is 0 Å². The van der Waals surface area contributed by atoms with Crippen LogP contribution in [-0.2, 0) is 0 Å². The third-order valence-electron chi connectivity index (χ3n) is 2.99. The molecule has 18 heavy (non-hydrogen) atoms. The first-order valence-corrected chi connectivity index (χ1v) is 7.11. The number of nitro groups is 1. The van der Waals surface area contributed by atoms with E-state index in [-0.39, 0.29) is 21.4 Å². The lowest BCUT2D eigenvalue weighted by Crippen LogP contribution is -2.33. The van der Waals surface area contributed by atoms with Crippen molar-refractivity contribution >= 4 is 17.4 Å². The van der Waals surface area contributed by atoms with Gasteiger partial charge in [-0.1, -0.05) is 12.1 Å². The molecule has 0 saturated heterocycles. The van der Waals surface area contributed by atoms with Crippen molar-refractivity contribution in [3.05, 3.63) is 39.9 Å². The summed E-state index contributed by atoms with van der Waals surface area (Å²) in [5, 5.41) is 14.0. The van der Waals surface area contributed by atoms with Crippen LogP contribution in [0.3, 0.4) is 0 Å². The zero-order valence-electron chi connectivity index (χ0n) is 11.3. The molecule has 1 atom stereocenters. The summed E-state index contributed by atoms with van der Waals surface area (Å²) >= 11 is 1.82. The van der Waals surface area contributed by atoms with Gasteiger partial charge >= 0.3 is 0 Å². The quantitative estimate of drug-likeness (QED) is 0.634. The second-order valence-electron chi connectivity index (χ2n) is 4.92. The molecule has 0 spiro atoms. The standard InChI is InChI=1S/C13H20N2O2S/c1-10(14-9-13(2,3)18-4)11-5-7-12(8-6-11)15(16)17/h5-8,10,14H,9H2,1-4H3. The van der Waals surface area contributed by atoms with Gasteiger partial charge in [-0.05, 0) is 32.6 Å². The fourth-order valence-corrected chi connectivity index (χ4v) is 1.70. The fraction of sp³-hybridized carbons (Fsp3) is 0.538. The zero-order valence-corrected chi connectivity index (χ0v) is 12.1. The van der Waals surface area contributed by atoms with Gasteiger partial charge in [0.25, 0.3) is 5.69 Å². The SMILES string of the molecule is CSC(C)(C)CNC(C)c1ccc([N+](=O)[O-])cc1.